The SMILES string of the molecule is CS(=O)(=O)Nn1c(=O)[nH]c2cc(C(F)(F)F)c(-c3ccnn3C3CCCC3)cc2c1=O. The molecule has 31 heavy (non-hydrogen) atoms. The van der Waals surface area contributed by atoms with Crippen molar-refractivity contribution >= 4 is 20.9 Å². The third-order valence-corrected chi connectivity index (χ3v) is 5.73. The van der Waals surface area contributed by atoms with E-state index in [4.69, 9.17) is 0 Å². The van der Waals surface area contributed by atoms with Crippen LogP contribution in [0.2, 0.25) is 0 Å². The van der Waals surface area contributed by atoms with Crippen LogP contribution in [0.15, 0.2) is 34.0 Å². The Kier molecular flexibility index (Phi) is 4.95. The second kappa shape index (κ2) is 7.25. The number of hydrogen-bond acceptors (Lipinski definition) is 5. The van der Waals surface area contributed by atoms with Gasteiger partial charge < -0.3 is 4.98 Å². The van der Waals surface area contributed by atoms with Crippen molar-refractivity contribution in [1.29, 1.82) is 0 Å². The number of aromatic nitrogens is 4. The van der Waals surface area contributed by atoms with E-state index in [0.29, 0.717) is 6.07 Å². The van der Waals surface area contributed by atoms with Crippen LogP contribution >= 0.6 is 0 Å². The van der Waals surface area contributed by atoms with Gasteiger partial charge in [-0.1, -0.05) is 12.8 Å². The van der Waals surface area contributed by atoms with Gasteiger partial charge in [0, 0.05) is 11.8 Å². The van der Waals surface area contributed by atoms with E-state index in [0.717, 1.165) is 38.0 Å². The number of halogens is 3. The minimum atomic E-state index is -4.77. The Morgan fingerprint density at radius 3 is 2.48 bits per heavy atom. The fourth-order valence-electron chi connectivity index (χ4n) is 3.93. The summed E-state index contributed by atoms with van der Waals surface area (Å²) in [6.45, 7) is 0. The predicted octanol–water partition coefficient (Wildman–Crippen LogP) is 2.19. The van der Waals surface area contributed by atoms with Gasteiger partial charge in [0.25, 0.3) is 5.56 Å². The molecule has 0 spiro atoms. The Morgan fingerprint density at radius 1 is 1.19 bits per heavy atom. The van der Waals surface area contributed by atoms with Crippen LogP contribution in [0.1, 0.15) is 37.3 Å². The van der Waals surface area contributed by atoms with Crippen LogP contribution in [0.3, 0.4) is 0 Å². The van der Waals surface area contributed by atoms with E-state index < -0.39 is 33.0 Å². The Morgan fingerprint density at radius 2 is 1.87 bits per heavy atom. The van der Waals surface area contributed by atoms with E-state index in [2.05, 4.69) is 10.1 Å². The molecule has 13 heteroatoms. The molecule has 1 aliphatic rings. The van der Waals surface area contributed by atoms with E-state index in [1.807, 2.05) is 0 Å². The molecule has 0 radical (unpaired) electrons. The summed E-state index contributed by atoms with van der Waals surface area (Å²) in [6, 6.07) is 3.08. The number of H-pyrrole nitrogens is 1. The highest BCUT2D eigenvalue weighted by Crippen LogP contribution is 2.40. The molecule has 0 bridgehead atoms. The molecule has 3 aromatic rings. The van der Waals surface area contributed by atoms with Crippen molar-refractivity contribution in [3.63, 3.8) is 0 Å². The first kappa shape index (κ1) is 21.2. The van der Waals surface area contributed by atoms with Gasteiger partial charge in [-0.2, -0.15) is 22.9 Å². The summed E-state index contributed by atoms with van der Waals surface area (Å²) >= 11 is 0. The van der Waals surface area contributed by atoms with Gasteiger partial charge in [0.1, 0.15) is 0 Å². The molecule has 2 heterocycles. The van der Waals surface area contributed by atoms with E-state index in [-0.39, 0.29) is 32.9 Å². The minimum Gasteiger partial charge on any atom is -0.305 e. The van der Waals surface area contributed by atoms with Crippen LogP contribution in [0, 0.1) is 0 Å². The summed E-state index contributed by atoms with van der Waals surface area (Å²) in [5, 5.41) is 3.92. The highest BCUT2D eigenvalue weighted by molar-refractivity contribution is 7.91. The molecule has 1 aliphatic carbocycles. The smallest absolute Gasteiger partial charge is 0.305 e. The van der Waals surface area contributed by atoms with Crippen LogP contribution in [-0.2, 0) is 16.2 Å². The standard InChI is InChI=1S/C18H18F3N5O4S/c1-31(29,30)24-26-16(27)12-8-11(13(18(19,20)21)9-14(12)23-17(26)28)15-6-7-22-25(15)10-4-2-3-5-10/h6-10,24H,2-5H2,1H3,(H,23,28). The van der Waals surface area contributed by atoms with Crippen molar-refractivity contribution in [1.82, 2.24) is 19.4 Å². The summed E-state index contributed by atoms with van der Waals surface area (Å²) in [5.41, 5.74) is -3.78. The number of hydrogen-bond donors (Lipinski definition) is 2. The van der Waals surface area contributed by atoms with Crippen LogP contribution in [-0.4, -0.2) is 34.1 Å². The molecule has 2 aromatic heterocycles. The number of rotatable bonds is 4. The first-order valence-electron chi connectivity index (χ1n) is 9.37. The lowest BCUT2D eigenvalue weighted by atomic mass is 10.0. The second-order valence-electron chi connectivity index (χ2n) is 7.47. The van der Waals surface area contributed by atoms with Gasteiger partial charge in [-0.25, -0.2) is 18.0 Å². The predicted molar refractivity (Wildman–Crippen MR) is 107 cm³/mol. The molecule has 4 rings (SSSR count). The second-order valence-corrected chi connectivity index (χ2v) is 9.20. The monoisotopic (exact) mass is 457 g/mol. The zero-order valence-corrected chi connectivity index (χ0v) is 17.0. The molecule has 0 aliphatic heterocycles. The average molecular weight is 457 g/mol. The normalized spacial score (nSPS) is 15.6. The topological polar surface area (TPSA) is 119 Å². The quantitative estimate of drug-likeness (QED) is 0.623. The molecule has 1 aromatic carbocycles. The van der Waals surface area contributed by atoms with Gasteiger partial charge in [0.05, 0.1) is 34.5 Å². The number of benzene rings is 1. The van der Waals surface area contributed by atoms with Crippen molar-refractivity contribution in [3.05, 3.63) is 50.8 Å². The van der Waals surface area contributed by atoms with Gasteiger partial charge in [-0.15, -0.1) is 0 Å². The highest BCUT2D eigenvalue weighted by Gasteiger charge is 2.36. The molecular formula is C18H18F3N5O4S. The molecule has 2 N–H and O–H groups in total. The third-order valence-electron chi connectivity index (χ3n) is 5.22. The summed E-state index contributed by atoms with van der Waals surface area (Å²) in [7, 11) is -3.99. The Labute approximate surface area is 173 Å². The summed E-state index contributed by atoms with van der Waals surface area (Å²) in [4.78, 5) is 28.8. The number of fused-ring (bicyclic) bond motifs is 1. The van der Waals surface area contributed by atoms with Crippen LogP contribution < -0.4 is 16.1 Å². The maximum Gasteiger partial charge on any atom is 0.417 e. The largest absolute Gasteiger partial charge is 0.417 e. The maximum atomic E-state index is 13.9. The fourth-order valence-corrected chi connectivity index (χ4v) is 4.42. The van der Waals surface area contributed by atoms with Gasteiger partial charge in [-0.05, 0) is 31.0 Å². The molecule has 0 amide bonds. The molecule has 0 unspecified atom stereocenters. The first-order chi connectivity index (χ1) is 14.5. The van der Waals surface area contributed by atoms with Gasteiger partial charge >= 0.3 is 11.9 Å². The van der Waals surface area contributed by atoms with E-state index in [1.165, 1.54) is 16.9 Å². The van der Waals surface area contributed by atoms with Crippen LogP contribution in [0.4, 0.5) is 13.2 Å². The number of nitrogens with zero attached hydrogens (tertiary/aromatic N) is 3. The van der Waals surface area contributed by atoms with Crippen molar-refractivity contribution in [3.8, 4) is 11.3 Å². The lowest BCUT2D eigenvalue weighted by molar-refractivity contribution is -0.137. The maximum absolute atomic E-state index is 13.9. The van der Waals surface area contributed by atoms with E-state index in [9.17, 15) is 31.2 Å². The van der Waals surface area contributed by atoms with Crippen molar-refractivity contribution in [2.24, 2.45) is 0 Å². The minimum absolute atomic E-state index is 0.0547. The van der Waals surface area contributed by atoms with Gasteiger partial charge in [0.15, 0.2) is 0 Å². The van der Waals surface area contributed by atoms with Crippen molar-refractivity contribution < 1.29 is 21.6 Å². The molecule has 1 fully saturated rings. The van der Waals surface area contributed by atoms with Crippen molar-refractivity contribution in [2.75, 3.05) is 11.1 Å². The average Bonchev–Trinajstić information content (AvgIpc) is 3.34. The molecule has 0 atom stereocenters. The Balaban J connectivity index is 2.02. The Bertz CT molecular complexity index is 1380. The number of nitrogens with one attached hydrogen (secondary N) is 2. The van der Waals surface area contributed by atoms with E-state index >= 15 is 0 Å². The third kappa shape index (κ3) is 3.96. The van der Waals surface area contributed by atoms with Gasteiger partial charge in [0.2, 0.25) is 10.0 Å². The number of sulfonamides is 1. The molecule has 9 nitrogen and oxygen atoms in total. The molecule has 166 valence electrons. The van der Waals surface area contributed by atoms with E-state index in [1.54, 1.807) is 4.83 Å². The molecule has 1 saturated carbocycles. The molecular weight excluding hydrogens is 439 g/mol. The summed E-state index contributed by atoms with van der Waals surface area (Å²) in [5.74, 6) is 0. The van der Waals surface area contributed by atoms with Gasteiger partial charge in [-0.3, -0.25) is 9.48 Å². The lowest BCUT2D eigenvalue weighted by Crippen LogP contribution is -2.43. The molecule has 0 saturated heterocycles. The zero-order chi connectivity index (χ0) is 22.6. The Hall–Kier alpha value is -3.09. The lowest BCUT2D eigenvalue weighted by Gasteiger charge is -2.18. The van der Waals surface area contributed by atoms with Crippen LogP contribution in [0.5, 0.6) is 0 Å². The number of alkyl halides is 3. The van der Waals surface area contributed by atoms with Crippen LogP contribution in [0.25, 0.3) is 22.2 Å². The highest BCUT2D eigenvalue weighted by atomic mass is 32.2. The summed E-state index contributed by atoms with van der Waals surface area (Å²) < 4.78 is 66.4. The first-order valence-corrected chi connectivity index (χ1v) is 11.3. The fraction of sp³-hybridized carbons (Fsp3) is 0.389. The zero-order valence-electron chi connectivity index (χ0n) is 16.2. The van der Waals surface area contributed by atoms with Crippen molar-refractivity contribution in [2.45, 2.75) is 37.9 Å². The number of aromatic amines is 1. The summed E-state index contributed by atoms with van der Waals surface area (Å²) in [6.07, 6.45) is 0.804.